The van der Waals surface area contributed by atoms with Crippen LogP contribution in [-0.2, 0) is 17.8 Å². The summed E-state index contributed by atoms with van der Waals surface area (Å²) in [5.74, 6) is 0.777. The highest BCUT2D eigenvalue weighted by Gasteiger charge is 2.36. The molecule has 4 aromatic rings. The molecule has 0 saturated carbocycles. The Balaban J connectivity index is 1.53. The Bertz CT molecular complexity index is 1740. The summed E-state index contributed by atoms with van der Waals surface area (Å²) in [6.07, 6.45) is 5.76. The van der Waals surface area contributed by atoms with Gasteiger partial charge in [0.05, 0.1) is 35.3 Å². The van der Waals surface area contributed by atoms with E-state index >= 15 is 0 Å². The number of piperazine rings is 1. The molecule has 1 fully saturated rings. The maximum Gasteiger partial charge on any atom is 0.354 e. The van der Waals surface area contributed by atoms with Gasteiger partial charge in [-0.25, -0.2) is 4.79 Å². The standard InChI is InChI=1S/C32H38N8O2/c1-7-28(41)38-16-22(6)39(17-21(38)5)31-23-12-14-37(26-10-8-9-25-24(26)15-34-36-25)18-27(23)40(32(42)35-31)30-20(4)11-13-33-29(30)19(2)3/h7-11,13,15,19,21-22H,1,12,14,16-18H2,2-6H3,(H,34,36)/t21-,22+/m1/s1. The highest BCUT2D eigenvalue weighted by Crippen LogP contribution is 2.36. The van der Waals surface area contributed by atoms with Gasteiger partial charge in [-0.2, -0.15) is 10.1 Å². The first-order chi connectivity index (χ1) is 20.2. The molecule has 2 aliphatic heterocycles. The van der Waals surface area contributed by atoms with Crippen LogP contribution in [0.4, 0.5) is 11.5 Å². The minimum absolute atomic E-state index is 0.0130. The lowest BCUT2D eigenvalue weighted by Gasteiger charge is -2.45. The van der Waals surface area contributed by atoms with Crippen LogP contribution >= 0.6 is 0 Å². The number of pyridine rings is 1. The molecule has 10 nitrogen and oxygen atoms in total. The molecule has 1 N–H and O–H groups in total. The summed E-state index contributed by atoms with van der Waals surface area (Å²) in [5, 5.41) is 8.40. The van der Waals surface area contributed by atoms with Gasteiger partial charge in [0.2, 0.25) is 5.91 Å². The summed E-state index contributed by atoms with van der Waals surface area (Å²) < 4.78 is 1.81. The lowest BCUT2D eigenvalue weighted by Crippen LogP contribution is -2.58. The molecule has 1 amide bonds. The minimum Gasteiger partial charge on any atom is -0.365 e. The van der Waals surface area contributed by atoms with E-state index in [9.17, 15) is 9.59 Å². The van der Waals surface area contributed by atoms with Crippen molar-refractivity contribution < 1.29 is 4.79 Å². The molecule has 0 aliphatic carbocycles. The van der Waals surface area contributed by atoms with Crippen molar-refractivity contribution in [2.75, 3.05) is 29.4 Å². The van der Waals surface area contributed by atoms with E-state index in [1.807, 2.05) is 53.9 Å². The number of hydrogen-bond donors (Lipinski definition) is 1. The summed E-state index contributed by atoms with van der Waals surface area (Å²) in [6.45, 7) is 16.5. The molecule has 2 aliphatic rings. The molecule has 1 aromatic carbocycles. The van der Waals surface area contributed by atoms with E-state index < -0.39 is 0 Å². The Morgan fingerprint density at radius 2 is 1.98 bits per heavy atom. The molecule has 6 rings (SSSR count). The molecule has 0 spiro atoms. The quantitative estimate of drug-likeness (QED) is 0.363. The van der Waals surface area contributed by atoms with Crippen molar-refractivity contribution in [2.24, 2.45) is 0 Å². The van der Waals surface area contributed by atoms with Gasteiger partial charge in [-0.05, 0) is 62.9 Å². The van der Waals surface area contributed by atoms with Crippen LogP contribution in [0.25, 0.3) is 16.6 Å². The lowest BCUT2D eigenvalue weighted by atomic mass is 9.99. The van der Waals surface area contributed by atoms with Gasteiger partial charge < -0.3 is 14.7 Å². The van der Waals surface area contributed by atoms with Crippen molar-refractivity contribution in [2.45, 2.75) is 65.6 Å². The Morgan fingerprint density at radius 3 is 2.74 bits per heavy atom. The molecule has 3 aromatic heterocycles. The van der Waals surface area contributed by atoms with Crippen molar-refractivity contribution >= 4 is 28.3 Å². The fourth-order valence-electron chi connectivity index (χ4n) is 6.55. The summed E-state index contributed by atoms with van der Waals surface area (Å²) in [5.41, 5.74) is 6.43. The predicted octanol–water partition coefficient (Wildman–Crippen LogP) is 4.11. The van der Waals surface area contributed by atoms with Crippen molar-refractivity contribution in [3.05, 3.63) is 82.3 Å². The van der Waals surface area contributed by atoms with Crippen molar-refractivity contribution in [3.8, 4) is 5.69 Å². The Hall–Kier alpha value is -4.47. The number of carbonyl (C=O) groups is 1. The Labute approximate surface area is 245 Å². The smallest absolute Gasteiger partial charge is 0.354 e. The van der Waals surface area contributed by atoms with Gasteiger partial charge in [-0.15, -0.1) is 0 Å². The van der Waals surface area contributed by atoms with Gasteiger partial charge in [-0.1, -0.05) is 26.5 Å². The molecule has 42 heavy (non-hydrogen) atoms. The number of nitrogens with one attached hydrogen (secondary N) is 1. The zero-order valence-corrected chi connectivity index (χ0v) is 25.0. The van der Waals surface area contributed by atoms with Crippen LogP contribution in [0.1, 0.15) is 56.1 Å². The summed E-state index contributed by atoms with van der Waals surface area (Å²) in [6, 6.07) is 8.07. The first kappa shape index (κ1) is 27.7. The number of aryl methyl sites for hydroxylation is 1. The van der Waals surface area contributed by atoms with Gasteiger partial charge in [0.25, 0.3) is 0 Å². The second-order valence-corrected chi connectivity index (χ2v) is 11.8. The molecule has 0 bridgehead atoms. The number of aromatic amines is 1. The fourth-order valence-corrected chi connectivity index (χ4v) is 6.55. The first-order valence-electron chi connectivity index (χ1n) is 14.7. The van der Waals surface area contributed by atoms with E-state index in [0.717, 1.165) is 63.6 Å². The molecule has 1 saturated heterocycles. The van der Waals surface area contributed by atoms with Crippen LogP contribution in [0.3, 0.4) is 0 Å². The lowest BCUT2D eigenvalue weighted by molar-refractivity contribution is -0.128. The van der Waals surface area contributed by atoms with Crippen molar-refractivity contribution in [1.82, 2.24) is 29.6 Å². The van der Waals surface area contributed by atoms with Gasteiger partial charge in [-0.3, -0.25) is 19.4 Å². The van der Waals surface area contributed by atoms with Crippen molar-refractivity contribution in [1.29, 1.82) is 0 Å². The molecular weight excluding hydrogens is 528 g/mol. The van der Waals surface area contributed by atoms with Crippen LogP contribution in [0.15, 0.2) is 54.1 Å². The number of aromatic nitrogens is 5. The maximum absolute atomic E-state index is 14.2. The van der Waals surface area contributed by atoms with Crippen LogP contribution in [0.5, 0.6) is 0 Å². The second kappa shape index (κ2) is 10.7. The molecule has 10 heteroatoms. The van der Waals surface area contributed by atoms with Crippen LogP contribution < -0.4 is 15.5 Å². The van der Waals surface area contributed by atoms with Crippen LogP contribution in [-0.4, -0.2) is 67.3 Å². The third-order valence-electron chi connectivity index (χ3n) is 8.70. The Kier molecular flexibility index (Phi) is 7.08. The summed E-state index contributed by atoms with van der Waals surface area (Å²) in [7, 11) is 0. The van der Waals surface area contributed by atoms with E-state index in [1.54, 1.807) is 0 Å². The van der Waals surface area contributed by atoms with Crippen molar-refractivity contribution in [3.63, 3.8) is 0 Å². The maximum atomic E-state index is 14.2. The average molecular weight is 567 g/mol. The number of carbonyl (C=O) groups excluding carboxylic acids is 1. The summed E-state index contributed by atoms with van der Waals surface area (Å²) >= 11 is 0. The second-order valence-electron chi connectivity index (χ2n) is 11.8. The van der Waals surface area contributed by atoms with E-state index in [2.05, 4.69) is 53.4 Å². The molecular formula is C32H38N8O2. The molecule has 5 heterocycles. The summed E-state index contributed by atoms with van der Waals surface area (Å²) in [4.78, 5) is 42.6. The van der Waals surface area contributed by atoms with E-state index in [-0.39, 0.29) is 29.6 Å². The van der Waals surface area contributed by atoms with Gasteiger partial charge >= 0.3 is 5.69 Å². The topological polar surface area (TPSA) is 103 Å². The molecule has 0 radical (unpaired) electrons. The molecule has 218 valence electrons. The predicted molar refractivity (Wildman–Crippen MR) is 165 cm³/mol. The van der Waals surface area contributed by atoms with E-state index in [0.29, 0.717) is 19.6 Å². The van der Waals surface area contributed by atoms with E-state index in [4.69, 9.17) is 9.97 Å². The zero-order valence-electron chi connectivity index (χ0n) is 25.0. The highest BCUT2D eigenvalue weighted by molar-refractivity contribution is 5.91. The number of H-pyrrole nitrogens is 1. The number of anilines is 2. The third-order valence-corrected chi connectivity index (χ3v) is 8.70. The number of fused-ring (bicyclic) bond motifs is 2. The van der Waals surface area contributed by atoms with Crippen LogP contribution in [0.2, 0.25) is 0 Å². The number of amides is 1. The normalized spacial score (nSPS) is 19.0. The van der Waals surface area contributed by atoms with Gasteiger partial charge in [0.15, 0.2) is 0 Å². The highest BCUT2D eigenvalue weighted by atomic mass is 16.2. The molecule has 0 unspecified atom stereocenters. The fraction of sp³-hybridized carbons (Fsp3) is 0.406. The van der Waals surface area contributed by atoms with Crippen LogP contribution in [0, 0.1) is 6.92 Å². The zero-order chi connectivity index (χ0) is 29.7. The first-order valence-corrected chi connectivity index (χ1v) is 14.7. The largest absolute Gasteiger partial charge is 0.365 e. The monoisotopic (exact) mass is 566 g/mol. The van der Waals surface area contributed by atoms with E-state index in [1.165, 1.54) is 6.08 Å². The SMILES string of the molecule is C=CC(=O)N1C[C@H](C)N(c2nc(=O)n(-c3c(C)ccnc3C(C)C)c3c2CCN(c2cccc4[nH]ncc24)C3)C[C@H]1C. The third kappa shape index (κ3) is 4.55. The average Bonchev–Trinajstić information content (AvgIpc) is 3.47. The minimum atomic E-state index is -0.311. The Morgan fingerprint density at radius 1 is 1.17 bits per heavy atom. The number of hydrogen-bond acceptors (Lipinski definition) is 7. The molecule has 2 atom stereocenters. The number of rotatable bonds is 5. The van der Waals surface area contributed by atoms with Gasteiger partial charge in [0, 0.05) is 54.6 Å². The number of nitrogens with zero attached hydrogens (tertiary/aromatic N) is 7. The number of benzene rings is 1. The van der Waals surface area contributed by atoms with Gasteiger partial charge in [0.1, 0.15) is 5.82 Å².